The Morgan fingerprint density at radius 2 is 1.49 bits per heavy atom. The standard InChI is InChI=1S/C32H32N2O9/c1-20(35)42-28-27(37)29(43-30(28)34-18-17-26(36)33-31(34)38)32(22-9-13-24(39-2)14-10-22,23-11-15-25(40-3)16-12-23)41-19-21-7-5-4-6-8-21/h4-18,27-30,37H,19H2,1-3H3,(H,33,36,38). The number of H-pyrrole nitrogens is 1. The van der Waals surface area contributed by atoms with Gasteiger partial charge in [0.05, 0.1) is 20.8 Å². The van der Waals surface area contributed by atoms with Crippen LogP contribution in [-0.4, -0.2) is 53.2 Å². The number of nitrogens with one attached hydrogen (secondary N) is 1. The van der Waals surface area contributed by atoms with Crippen molar-refractivity contribution < 1.29 is 33.6 Å². The van der Waals surface area contributed by atoms with Crippen LogP contribution in [0.1, 0.15) is 29.8 Å². The van der Waals surface area contributed by atoms with E-state index in [4.69, 9.17) is 23.7 Å². The molecule has 1 aromatic heterocycles. The summed E-state index contributed by atoms with van der Waals surface area (Å²) in [6.07, 6.45) is -4.13. The van der Waals surface area contributed by atoms with Crippen LogP contribution >= 0.6 is 0 Å². The summed E-state index contributed by atoms with van der Waals surface area (Å²) in [5.41, 5.74) is -0.896. The van der Waals surface area contributed by atoms with Gasteiger partial charge in [-0.2, -0.15) is 0 Å². The van der Waals surface area contributed by atoms with Crippen molar-refractivity contribution in [2.24, 2.45) is 0 Å². The van der Waals surface area contributed by atoms with E-state index in [-0.39, 0.29) is 6.61 Å². The minimum absolute atomic E-state index is 0.104. The number of aliphatic hydroxyl groups excluding tert-OH is 1. The smallest absolute Gasteiger partial charge is 0.330 e. The molecule has 224 valence electrons. The molecule has 0 saturated carbocycles. The molecule has 1 aliphatic heterocycles. The van der Waals surface area contributed by atoms with Crippen LogP contribution < -0.4 is 20.7 Å². The van der Waals surface area contributed by atoms with Crippen molar-refractivity contribution in [3.63, 3.8) is 0 Å². The molecule has 4 atom stereocenters. The summed E-state index contributed by atoms with van der Waals surface area (Å²) in [6.45, 7) is 1.30. The zero-order valence-corrected chi connectivity index (χ0v) is 23.8. The van der Waals surface area contributed by atoms with Gasteiger partial charge in [0, 0.05) is 19.2 Å². The number of benzene rings is 3. The fourth-order valence-corrected chi connectivity index (χ4v) is 5.35. The number of methoxy groups -OCH3 is 2. The predicted molar refractivity (Wildman–Crippen MR) is 155 cm³/mol. The highest BCUT2D eigenvalue weighted by molar-refractivity contribution is 5.66. The van der Waals surface area contributed by atoms with Crippen molar-refractivity contribution in [3.05, 3.63) is 129 Å². The van der Waals surface area contributed by atoms with Crippen LogP contribution in [0, 0.1) is 0 Å². The zero-order valence-electron chi connectivity index (χ0n) is 23.8. The second-order valence-electron chi connectivity index (χ2n) is 10.00. The number of carbonyl (C=O) groups is 1. The Labute approximate surface area is 247 Å². The van der Waals surface area contributed by atoms with Crippen molar-refractivity contribution in [1.82, 2.24) is 9.55 Å². The number of hydrogen-bond donors (Lipinski definition) is 2. The number of esters is 1. The molecule has 1 aliphatic rings. The Bertz CT molecular complexity index is 1600. The summed E-state index contributed by atoms with van der Waals surface area (Å²) >= 11 is 0. The first kappa shape index (κ1) is 29.8. The highest BCUT2D eigenvalue weighted by Crippen LogP contribution is 2.47. The number of ether oxygens (including phenoxy) is 5. The molecule has 0 spiro atoms. The summed E-state index contributed by atoms with van der Waals surface area (Å²) in [5.74, 6) is 0.498. The molecule has 0 radical (unpaired) electrons. The average molecular weight is 589 g/mol. The molecule has 0 aliphatic carbocycles. The molecule has 4 aromatic rings. The van der Waals surface area contributed by atoms with Gasteiger partial charge >= 0.3 is 11.7 Å². The van der Waals surface area contributed by atoms with Crippen LogP contribution in [0.3, 0.4) is 0 Å². The third-order valence-corrected chi connectivity index (χ3v) is 7.39. The normalized spacial score (nSPS) is 20.0. The molecule has 2 N–H and O–H groups in total. The zero-order chi connectivity index (χ0) is 30.6. The van der Waals surface area contributed by atoms with Crippen molar-refractivity contribution in [2.45, 2.75) is 43.7 Å². The lowest BCUT2D eigenvalue weighted by atomic mass is 9.78. The van der Waals surface area contributed by atoms with Gasteiger partial charge in [-0.1, -0.05) is 54.6 Å². The molecular weight excluding hydrogens is 556 g/mol. The molecule has 1 saturated heterocycles. The SMILES string of the molecule is COc1ccc(C(OCc2ccccc2)(c2ccc(OC)cc2)C2OC(n3ccc(=O)[nH]c3=O)C(OC(C)=O)C2O)cc1. The van der Waals surface area contributed by atoms with Gasteiger partial charge in [-0.25, -0.2) is 4.79 Å². The summed E-state index contributed by atoms with van der Waals surface area (Å²) in [7, 11) is 3.11. The summed E-state index contributed by atoms with van der Waals surface area (Å²) in [5, 5.41) is 11.9. The Hall–Kier alpha value is -4.71. The van der Waals surface area contributed by atoms with Gasteiger partial charge in [0.25, 0.3) is 5.56 Å². The lowest BCUT2D eigenvalue weighted by Gasteiger charge is -2.41. The van der Waals surface area contributed by atoms with Gasteiger partial charge in [-0.3, -0.25) is 19.1 Å². The first-order valence-electron chi connectivity index (χ1n) is 13.6. The van der Waals surface area contributed by atoms with E-state index >= 15 is 0 Å². The summed E-state index contributed by atoms with van der Waals surface area (Å²) < 4.78 is 30.7. The van der Waals surface area contributed by atoms with Crippen molar-refractivity contribution >= 4 is 5.97 Å². The lowest BCUT2D eigenvalue weighted by molar-refractivity contribution is -0.161. The number of aromatic nitrogens is 2. The first-order valence-corrected chi connectivity index (χ1v) is 13.6. The molecule has 3 aromatic carbocycles. The van der Waals surface area contributed by atoms with Crippen LogP contribution in [0.15, 0.2) is 101 Å². The van der Waals surface area contributed by atoms with Crippen LogP contribution in [0.25, 0.3) is 0 Å². The fraction of sp³-hybridized carbons (Fsp3) is 0.281. The Morgan fingerprint density at radius 1 is 0.907 bits per heavy atom. The monoisotopic (exact) mass is 588 g/mol. The Balaban J connectivity index is 1.72. The number of aliphatic hydroxyl groups is 1. The van der Waals surface area contributed by atoms with Crippen LogP contribution in [0.4, 0.5) is 0 Å². The number of hydrogen-bond acceptors (Lipinski definition) is 9. The largest absolute Gasteiger partial charge is 0.497 e. The minimum Gasteiger partial charge on any atom is -0.497 e. The molecule has 0 bridgehead atoms. The van der Waals surface area contributed by atoms with Gasteiger partial charge in [0.1, 0.15) is 29.3 Å². The first-order chi connectivity index (χ1) is 20.8. The molecule has 2 heterocycles. The lowest BCUT2D eigenvalue weighted by Crippen LogP contribution is -2.50. The Kier molecular flexibility index (Phi) is 8.76. The predicted octanol–water partition coefficient (Wildman–Crippen LogP) is 2.90. The van der Waals surface area contributed by atoms with Crippen LogP contribution in [-0.2, 0) is 31.2 Å². The molecule has 0 amide bonds. The minimum atomic E-state index is -1.52. The Morgan fingerprint density at radius 3 is 2.00 bits per heavy atom. The number of nitrogens with zero attached hydrogens (tertiary/aromatic N) is 1. The van der Waals surface area contributed by atoms with Gasteiger partial charge < -0.3 is 28.8 Å². The molecule has 5 rings (SSSR count). The van der Waals surface area contributed by atoms with E-state index in [0.717, 1.165) is 16.2 Å². The molecule has 43 heavy (non-hydrogen) atoms. The average Bonchev–Trinajstić information content (AvgIpc) is 3.33. The van der Waals surface area contributed by atoms with E-state index in [1.165, 1.54) is 13.1 Å². The quantitative estimate of drug-likeness (QED) is 0.268. The van der Waals surface area contributed by atoms with E-state index in [2.05, 4.69) is 4.98 Å². The topological polar surface area (TPSA) is 138 Å². The molecular formula is C32H32N2O9. The molecule has 1 fully saturated rings. The number of rotatable bonds is 10. The van der Waals surface area contributed by atoms with Gasteiger partial charge in [-0.15, -0.1) is 0 Å². The van der Waals surface area contributed by atoms with Gasteiger partial charge in [-0.05, 0) is 41.0 Å². The van der Waals surface area contributed by atoms with E-state index in [9.17, 15) is 19.5 Å². The third kappa shape index (κ3) is 5.96. The summed E-state index contributed by atoms with van der Waals surface area (Å²) in [4.78, 5) is 39.1. The maximum atomic E-state index is 12.9. The highest BCUT2D eigenvalue weighted by atomic mass is 16.6. The van der Waals surface area contributed by atoms with Crippen molar-refractivity contribution in [2.75, 3.05) is 14.2 Å². The van der Waals surface area contributed by atoms with Crippen molar-refractivity contribution in [1.29, 1.82) is 0 Å². The molecule has 11 heteroatoms. The molecule has 11 nitrogen and oxygen atoms in total. The maximum absolute atomic E-state index is 12.9. The van der Waals surface area contributed by atoms with E-state index in [0.29, 0.717) is 22.6 Å². The maximum Gasteiger partial charge on any atom is 0.330 e. The highest BCUT2D eigenvalue weighted by Gasteiger charge is 2.58. The third-order valence-electron chi connectivity index (χ3n) is 7.39. The number of carbonyl (C=O) groups excluding carboxylic acids is 1. The van der Waals surface area contributed by atoms with Crippen molar-refractivity contribution in [3.8, 4) is 11.5 Å². The van der Waals surface area contributed by atoms with Gasteiger partial charge in [0.2, 0.25) is 0 Å². The second kappa shape index (κ2) is 12.7. The van der Waals surface area contributed by atoms with E-state index < -0.39 is 47.4 Å². The number of aromatic amines is 1. The van der Waals surface area contributed by atoms with E-state index in [1.54, 1.807) is 62.8 Å². The van der Waals surface area contributed by atoms with Crippen LogP contribution in [0.2, 0.25) is 0 Å². The fourth-order valence-electron chi connectivity index (χ4n) is 5.35. The van der Waals surface area contributed by atoms with Crippen LogP contribution in [0.5, 0.6) is 11.5 Å². The second-order valence-corrected chi connectivity index (χ2v) is 10.00. The van der Waals surface area contributed by atoms with E-state index in [1.807, 2.05) is 30.3 Å². The van der Waals surface area contributed by atoms with Gasteiger partial charge in [0.15, 0.2) is 12.3 Å². The summed E-state index contributed by atoms with van der Waals surface area (Å²) in [6, 6.07) is 24.8. The molecule has 4 unspecified atom stereocenters.